The third-order valence-corrected chi connectivity index (χ3v) is 3.71. The van der Waals surface area contributed by atoms with Crippen LogP contribution in [0.15, 0.2) is 73.1 Å². The normalized spacial score (nSPS) is 11.8. The van der Waals surface area contributed by atoms with E-state index in [1.54, 1.807) is 36.7 Å². The fourth-order valence-electron chi connectivity index (χ4n) is 2.51. The van der Waals surface area contributed by atoms with Crippen LogP contribution in [0.5, 0.6) is 0 Å². The maximum absolute atomic E-state index is 12.8. The van der Waals surface area contributed by atoms with Gasteiger partial charge in [0.25, 0.3) is 0 Å². The van der Waals surface area contributed by atoms with Crippen molar-refractivity contribution >= 4 is 11.6 Å². The molecule has 23 heavy (non-hydrogen) atoms. The fourth-order valence-corrected chi connectivity index (χ4v) is 2.51. The zero-order valence-electron chi connectivity index (χ0n) is 12.5. The van der Waals surface area contributed by atoms with E-state index >= 15 is 0 Å². The van der Waals surface area contributed by atoms with E-state index in [9.17, 15) is 9.59 Å². The van der Waals surface area contributed by atoms with Gasteiger partial charge in [0.05, 0.1) is 5.92 Å². The lowest BCUT2D eigenvalue weighted by Crippen LogP contribution is -2.18. The molecule has 4 heteroatoms. The van der Waals surface area contributed by atoms with E-state index in [1.165, 1.54) is 0 Å². The second-order valence-corrected chi connectivity index (χ2v) is 5.25. The summed E-state index contributed by atoms with van der Waals surface area (Å²) in [4.78, 5) is 32.4. The Morgan fingerprint density at radius 3 is 2.09 bits per heavy atom. The van der Waals surface area contributed by atoms with Crippen molar-refractivity contribution < 1.29 is 9.59 Å². The van der Waals surface area contributed by atoms with Crippen LogP contribution in [-0.4, -0.2) is 21.5 Å². The zero-order valence-corrected chi connectivity index (χ0v) is 12.5. The lowest BCUT2D eigenvalue weighted by atomic mass is 9.90. The van der Waals surface area contributed by atoms with E-state index < -0.39 is 5.92 Å². The Kier molecular flexibility index (Phi) is 4.43. The number of Topliss-reactive ketones (excluding diaryl/α,β-unsaturated/α-hetero) is 2. The minimum Gasteiger partial charge on any atom is -0.348 e. The highest BCUT2D eigenvalue weighted by atomic mass is 16.1. The van der Waals surface area contributed by atoms with Crippen molar-refractivity contribution in [3.8, 4) is 0 Å². The number of hydrogen-bond donors (Lipinski definition) is 1. The summed E-state index contributed by atoms with van der Waals surface area (Å²) in [6, 6.07) is 18.0. The first-order valence-electron chi connectivity index (χ1n) is 7.42. The van der Waals surface area contributed by atoms with Crippen molar-refractivity contribution in [2.24, 2.45) is 0 Å². The summed E-state index contributed by atoms with van der Waals surface area (Å²) < 4.78 is 0. The van der Waals surface area contributed by atoms with Gasteiger partial charge >= 0.3 is 0 Å². The molecular formula is C19H16N2O2. The molecule has 3 aromatic rings. The monoisotopic (exact) mass is 304 g/mol. The molecule has 1 heterocycles. The van der Waals surface area contributed by atoms with Crippen LogP contribution in [0.3, 0.4) is 0 Å². The maximum Gasteiger partial charge on any atom is 0.173 e. The summed E-state index contributed by atoms with van der Waals surface area (Å²) in [6.07, 6.45) is 3.34. The van der Waals surface area contributed by atoms with E-state index in [4.69, 9.17) is 0 Å². The maximum atomic E-state index is 12.8. The fraction of sp³-hybridized carbons (Fsp3) is 0.105. The Bertz CT molecular complexity index is 781. The van der Waals surface area contributed by atoms with Crippen LogP contribution < -0.4 is 0 Å². The molecule has 1 N–H and O–H groups in total. The summed E-state index contributed by atoms with van der Waals surface area (Å²) in [7, 11) is 0. The van der Waals surface area contributed by atoms with Crippen LogP contribution in [0.25, 0.3) is 0 Å². The van der Waals surface area contributed by atoms with Crippen molar-refractivity contribution in [3.63, 3.8) is 0 Å². The summed E-state index contributed by atoms with van der Waals surface area (Å²) in [5.41, 5.74) is 1.18. The molecular weight excluding hydrogens is 288 g/mol. The number of hydrogen-bond acceptors (Lipinski definition) is 3. The van der Waals surface area contributed by atoms with Gasteiger partial charge in [-0.15, -0.1) is 0 Å². The van der Waals surface area contributed by atoms with Gasteiger partial charge in [0.1, 0.15) is 5.82 Å². The number of benzene rings is 2. The van der Waals surface area contributed by atoms with Crippen LogP contribution in [-0.2, 0) is 0 Å². The molecule has 4 nitrogen and oxygen atoms in total. The van der Waals surface area contributed by atoms with Gasteiger partial charge in [0.15, 0.2) is 11.6 Å². The number of ketones is 2. The SMILES string of the molecule is O=C(C[C@@H](C(=O)c1ccccc1)c1ncc[nH]1)c1ccccc1. The number of H-pyrrole nitrogens is 1. The molecule has 1 atom stereocenters. The minimum absolute atomic E-state index is 0.0729. The van der Waals surface area contributed by atoms with Crippen molar-refractivity contribution in [2.75, 3.05) is 0 Å². The Morgan fingerprint density at radius 1 is 0.913 bits per heavy atom. The molecule has 0 saturated carbocycles. The molecule has 3 rings (SSSR count). The standard InChI is InChI=1S/C19H16N2O2/c22-17(14-7-3-1-4-8-14)13-16(19-20-11-12-21-19)18(23)15-9-5-2-6-10-15/h1-12,16H,13H2,(H,20,21)/t16-/m0/s1. The summed E-state index contributed by atoms with van der Waals surface area (Å²) >= 11 is 0. The third kappa shape index (κ3) is 3.43. The van der Waals surface area contributed by atoms with Gasteiger partial charge in [-0.05, 0) is 0 Å². The number of nitrogens with zero attached hydrogens (tertiary/aromatic N) is 1. The predicted octanol–water partition coefficient (Wildman–Crippen LogP) is 3.65. The van der Waals surface area contributed by atoms with Crippen LogP contribution in [0.1, 0.15) is 38.9 Å². The largest absolute Gasteiger partial charge is 0.348 e. The minimum atomic E-state index is -0.611. The van der Waals surface area contributed by atoms with Crippen LogP contribution >= 0.6 is 0 Å². The first-order valence-corrected chi connectivity index (χ1v) is 7.42. The van der Waals surface area contributed by atoms with Gasteiger partial charge in [0.2, 0.25) is 0 Å². The number of aromatic nitrogens is 2. The number of aromatic amines is 1. The number of carbonyl (C=O) groups is 2. The molecule has 0 radical (unpaired) electrons. The Morgan fingerprint density at radius 2 is 1.52 bits per heavy atom. The van der Waals surface area contributed by atoms with Crippen LogP contribution in [0, 0.1) is 0 Å². The highest BCUT2D eigenvalue weighted by Gasteiger charge is 2.27. The lowest BCUT2D eigenvalue weighted by molar-refractivity contribution is 0.0890. The molecule has 2 aromatic carbocycles. The Hall–Kier alpha value is -3.01. The van der Waals surface area contributed by atoms with E-state index in [-0.39, 0.29) is 18.0 Å². The van der Waals surface area contributed by atoms with E-state index in [0.29, 0.717) is 17.0 Å². The summed E-state index contributed by atoms with van der Waals surface area (Å²) in [6.45, 7) is 0. The van der Waals surface area contributed by atoms with E-state index in [1.807, 2.05) is 36.4 Å². The quantitative estimate of drug-likeness (QED) is 0.707. The average Bonchev–Trinajstić information content (AvgIpc) is 3.15. The summed E-state index contributed by atoms with van der Waals surface area (Å²) in [5, 5.41) is 0. The van der Waals surface area contributed by atoms with Crippen LogP contribution in [0.4, 0.5) is 0 Å². The lowest BCUT2D eigenvalue weighted by Gasteiger charge is -2.13. The molecule has 0 aliphatic heterocycles. The molecule has 114 valence electrons. The number of carbonyl (C=O) groups excluding carboxylic acids is 2. The van der Waals surface area contributed by atoms with Crippen LogP contribution in [0.2, 0.25) is 0 Å². The second-order valence-electron chi connectivity index (χ2n) is 5.25. The smallest absolute Gasteiger partial charge is 0.173 e. The van der Waals surface area contributed by atoms with Gasteiger partial charge in [-0.1, -0.05) is 60.7 Å². The molecule has 0 saturated heterocycles. The van der Waals surface area contributed by atoms with Crippen molar-refractivity contribution in [1.82, 2.24) is 9.97 Å². The van der Waals surface area contributed by atoms with Gasteiger partial charge in [-0.2, -0.15) is 0 Å². The molecule has 0 fully saturated rings. The zero-order chi connectivity index (χ0) is 16.1. The number of nitrogens with one attached hydrogen (secondary N) is 1. The molecule has 0 bridgehead atoms. The highest BCUT2D eigenvalue weighted by molar-refractivity contribution is 6.05. The van der Waals surface area contributed by atoms with Gasteiger partial charge in [-0.3, -0.25) is 9.59 Å². The van der Waals surface area contributed by atoms with Crippen molar-refractivity contribution in [1.29, 1.82) is 0 Å². The molecule has 1 aromatic heterocycles. The first-order chi connectivity index (χ1) is 11.3. The third-order valence-electron chi connectivity index (χ3n) is 3.71. The van der Waals surface area contributed by atoms with Crippen molar-refractivity contribution in [3.05, 3.63) is 90.0 Å². The van der Waals surface area contributed by atoms with Gasteiger partial charge < -0.3 is 4.98 Å². The Labute approximate surface area is 134 Å². The van der Waals surface area contributed by atoms with Gasteiger partial charge in [-0.25, -0.2) is 4.98 Å². The molecule has 0 aliphatic rings. The topological polar surface area (TPSA) is 62.8 Å². The molecule has 0 amide bonds. The number of rotatable bonds is 6. The Balaban J connectivity index is 1.88. The number of imidazole rings is 1. The molecule has 0 unspecified atom stereocenters. The van der Waals surface area contributed by atoms with Crippen molar-refractivity contribution in [2.45, 2.75) is 12.3 Å². The average molecular weight is 304 g/mol. The van der Waals surface area contributed by atoms with E-state index in [0.717, 1.165) is 0 Å². The molecule has 0 spiro atoms. The predicted molar refractivity (Wildman–Crippen MR) is 87.5 cm³/mol. The van der Waals surface area contributed by atoms with Gasteiger partial charge in [0, 0.05) is 29.9 Å². The highest BCUT2D eigenvalue weighted by Crippen LogP contribution is 2.23. The second kappa shape index (κ2) is 6.83. The summed E-state index contributed by atoms with van der Waals surface area (Å²) in [5.74, 6) is -0.274. The first kappa shape index (κ1) is 14.9. The van der Waals surface area contributed by atoms with E-state index in [2.05, 4.69) is 9.97 Å². The molecule has 0 aliphatic carbocycles.